The van der Waals surface area contributed by atoms with Crippen molar-refractivity contribution in [2.45, 2.75) is 13.8 Å². The third kappa shape index (κ3) is 5.64. The molecule has 0 spiro atoms. The second-order valence-electron chi connectivity index (χ2n) is 3.59. The van der Waals surface area contributed by atoms with E-state index < -0.39 is 5.97 Å². The number of allylic oxidation sites excluding steroid dienone is 8. The number of Topliss-reactive ketones (excluding diaryl/α,β-unsaturated/α-hetero) is 1. The number of carbonyl (C=O) groups is 2. The van der Waals surface area contributed by atoms with Crippen LogP contribution < -0.4 is 0 Å². The lowest BCUT2D eigenvalue weighted by Crippen LogP contribution is -2.03. The van der Waals surface area contributed by atoms with E-state index in [1.807, 2.05) is 0 Å². The van der Waals surface area contributed by atoms with Crippen LogP contribution in [0.4, 0.5) is 0 Å². The predicted octanol–water partition coefficient (Wildman–Crippen LogP) is 3.39. The van der Waals surface area contributed by atoms with Gasteiger partial charge in [0.1, 0.15) is 0 Å². The number of hydrogen-bond donors (Lipinski definition) is 1. The van der Waals surface area contributed by atoms with Crippen LogP contribution in [0.15, 0.2) is 72.4 Å². The molecule has 0 aromatic carbocycles. The van der Waals surface area contributed by atoms with E-state index in [-0.39, 0.29) is 16.9 Å². The summed E-state index contributed by atoms with van der Waals surface area (Å²) in [5, 5.41) is 8.83. The average Bonchev–Trinajstić information content (AvgIpc) is 2.37. The van der Waals surface area contributed by atoms with E-state index in [0.29, 0.717) is 5.57 Å². The van der Waals surface area contributed by atoms with Gasteiger partial charge in [-0.1, -0.05) is 49.6 Å². The highest BCUT2D eigenvalue weighted by Crippen LogP contribution is 2.10. The number of hydrogen-bond acceptors (Lipinski definition) is 2. The summed E-state index contributed by atoms with van der Waals surface area (Å²) < 4.78 is 0. The first-order chi connectivity index (χ1) is 8.97. The van der Waals surface area contributed by atoms with Gasteiger partial charge in [-0.2, -0.15) is 0 Å². The van der Waals surface area contributed by atoms with Crippen molar-refractivity contribution in [2.24, 2.45) is 0 Å². The maximum absolute atomic E-state index is 12.0. The Morgan fingerprint density at radius 3 is 2.11 bits per heavy atom. The van der Waals surface area contributed by atoms with Crippen molar-refractivity contribution in [3.63, 3.8) is 0 Å². The minimum absolute atomic E-state index is 0.106. The van der Waals surface area contributed by atoms with E-state index in [0.717, 1.165) is 0 Å². The topological polar surface area (TPSA) is 54.4 Å². The molecular formula is C16H18O3. The summed E-state index contributed by atoms with van der Waals surface area (Å²) in [5.74, 6) is -1.32. The molecule has 0 bridgehead atoms. The van der Waals surface area contributed by atoms with Crippen molar-refractivity contribution < 1.29 is 14.7 Å². The van der Waals surface area contributed by atoms with Gasteiger partial charge in [0.15, 0.2) is 5.78 Å². The van der Waals surface area contributed by atoms with Crippen LogP contribution in [-0.2, 0) is 9.59 Å². The SMILES string of the molecule is C=C/C=C(\C=C/C)C(=O)C(=C)/C=C\C(=CC)C(=O)O. The lowest BCUT2D eigenvalue weighted by atomic mass is 10.0. The van der Waals surface area contributed by atoms with Gasteiger partial charge in [0, 0.05) is 11.1 Å². The van der Waals surface area contributed by atoms with Gasteiger partial charge in [-0.3, -0.25) is 4.79 Å². The number of aliphatic carboxylic acids is 1. The van der Waals surface area contributed by atoms with Gasteiger partial charge in [-0.05, 0) is 19.9 Å². The quantitative estimate of drug-likeness (QED) is 0.562. The minimum Gasteiger partial charge on any atom is -0.478 e. The third-order valence-electron chi connectivity index (χ3n) is 2.22. The molecule has 0 saturated heterocycles. The molecule has 0 aliphatic heterocycles. The second kappa shape index (κ2) is 8.64. The lowest BCUT2D eigenvalue weighted by Gasteiger charge is -2.01. The molecule has 0 aromatic rings. The summed E-state index contributed by atoms with van der Waals surface area (Å²) in [7, 11) is 0. The molecule has 0 saturated carbocycles. The van der Waals surface area contributed by atoms with Crippen molar-refractivity contribution >= 4 is 11.8 Å². The summed E-state index contributed by atoms with van der Waals surface area (Å²) >= 11 is 0. The molecule has 3 nitrogen and oxygen atoms in total. The van der Waals surface area contributed by atoms with Crippen molar-refractivity contribution in [3.8, 4) is 0 Å². The Balaban J connectivity index is 5.08. The van der Waals surface area contributed by atoms with E-state index in [1.54, 1.807) is 32.1 Å². The van der Waals surface area contributed by atoms with Crippen molar-refractivity contribution in [1.82, 2.24) is 0 Å². The fourth-order valence-electron chi connectivity index (χ4n) is 1.26. The number of ketones is 1. The molecule has 100 valence electrons. The summed E-state index contributed by atoms with van der Waals surface area (Å²) in [5.41, 5.74) is 0.769. The van der Waals surface area contributed by atoms with Crippen LogP contribution in [0.3, 0.4) is 0 Å². The lowest BCUT2D eigenvalue weighted by molar-refractivity contribution is -0.132. The Bertz CT molecular complexity index is 500. The first-order valence-corrected chi connectivity index (χ1v) is 5.74. The average molecular weight is 258 g/mol. The second-order valence-corrected chi connectivity index (χ2v) is 3.59. The van der Waals surface area contributed by atoms with Crippen LogP contribution in [0, 0.1) is 0 Å². The van der Waals surface area contributed by atoms with Gasteiger partial charge in [0.2, 0.25) is 0 Å². The van der Waals surface area contributed by atoms with E-state index >= 15 is 0 Å². The van der Waals surface area contributed by atoms with Crippen LogP contribution in [0.1, 0.15) is 13.8 Å². The molecule has 0 unspecified atom stereocenters. The standard InChI is InChI=1S/C16H18O3/c1-5-8-14(9-6-2)15(17)12(4)10-11-13(7-3)16(18)19/h5-11H,1,4H2,2-3H3,(H,18,19)/b9-6-,11-10-,13-7?,14-8+. The molecular weight excluding hydrogens is 240 g/mol. The van der Waals surface area contributed by atoms with Crippen LogP contribution in [0.5, 0.6) is 0 Å². The Labute approximate surface area is 113 Å². The predicted molar refractivity (Wildman–Crippen MR) is 77.8 cm³/mol. The minimum atomic E-state index is -1.05. The highest BCUT2D eigenvalue weighted by Gasteiger charge is 2.08. The molecule has 0 fully saturated rings. The number of rotatable bonds is 7. The monoisotopic (exact) mass is 258 g/mol. The fourth-order valence-corrected chi connectivity index (χ4v) is 1.26. The molecule has 3 heteroatoms. The molecule has 0 rings (SSSR count). The van der Waals surface area contributed by atoms with Gasteiger partial charge in [-0.15, -0.1) is 0 Å². The maximum atomic E-state index is 12.0. The summed E-state index contributed by atoms with van der Waals surface area (Å²) in [6.45, 7) is 10.6. The molecule has 19 heavy (non-hydrogen) atoms. The Morgan fingerprint density at radius 2 is 1.68 bits per heavy atom. The van der Waals surface area contributed by atoms with E-state index in [4.69, 9.17) is 5.11 Å². The molecule has 1 N–H and O–H groups in total. The Morgan fingerprint density at radius 1 is 1.05 bits per heavy atom. The normalized spacial score (nSPS) is 12.9. The molecule has 0 aliphatic rings. The fraction of sp³-hybridized carbons (Fsp3) is 0.125. The number of carboxylic acid groups (broad SMARTS) is 1. The first-order valence-electron chi connectivity index (χ1n) is 5.74. The van der Waals surface area contributed by atoms with Gasteiger partial charge in [0.05, 0.1) is 5.57 Å². The van der Waals surface area contributed by atoms with Crippen LogP contribution in [-0.4, -0.2) is 16.9 Å². The molecule has 0 atom stereocenters. The maximum Gasteiger partial charge on any atom is 0.335 e. The van der Waals surface area contributed by atoms with Gasteiger partial charge in [-0.25, -0.2) is 4.79 Å². The molecule has 0 heterocycles. The molecule has 0 radical (unpaired) electrons. The smallest absolute Gasteiger partial charge is 0.335 e. The van der Waals surface area contributed by atoms with Gasteiger partial charge >= 0.3 is 5.97 Å². The molecule has 0 aliphatic carbocycles. The van der Waals surface area contributed by atoms with Crippen molar-refractivity contribution in [3.05, 3.63) is 72.4 Å². The van der Waals surface area contributed by atoms with E-state index in [9.17, 15) is 9.59 Å². The van der Waals surface area contributed by atoms with Crippen LogP contribution >= 0.6 is 0 Å². The Kier molecular flexibility index (Phi) is 7.54. The van der Waals surface area contributed by atoms with Crippen LogP contribution in [0.2, 0.25) is 0 Å². The summed E-state index contributed by atoms with van der Waals surface area (Å²) in [4.78, 5) is 22.8. The van der Waals surface area contributed by atoms with E-state index in [2.05, 4.69) is 13.2 Å². The van der Waals surface area contributed by atoms with Crippen molar-refractivity contribution in [2.75, 3.05) is 0 Å². The van der Waals surface area contributed by atoms with Crippen molar-refractivity contribution in [1.29, 1.82) is 0 Å². The first kappa shape index (κ1) is 16.6. The summed E-state index contributed by atoms with van der Waals surface area (Å²) in [6, 6.07) is 0. The molecule has 0 aromatic heterocycles. The summed E-state index contributed by atoms with van der Waals surface area (Å²) in [6.07, 6.45) is 10.7. The Hall–Kier alpha value is -2.42. The third-order valence-corrected chi connectivity index (χ3v) is 2.22. The zero-order valence-electron chi connectivity index (χ0n) is 11.2. The van der Waals surface area contributed by atoms with E-state index in [1.165, 1.54) is 24.3 Å². The van der Waals surface area contributed by atoms with Gasteiger partial charge in [0.25, 0.3) is 0 Å². The number of carboxylic acids is 1. The zero-order chi connectivity index (χ0) is 14.8. The number of carbonyl (C=O) groups excluding carboxylic acids is 1. The zero-order valence-corrected chi connectivity index (χ0v) is 11.2. The molecule has 0 amide bonds. The highest BCUT2D eigenvalue weighted by molar-refractivity contribution is 6.11. The van der Waals surface area contributed by atoms with Gasteiger partial charge < -0.3 is 5.11 Å². The van der Waals surface area contributed by atoms with Crippen LogP contribution in [0.25, 0.3) is 0 Å². The highest BCUT2D eigenvalue weighted by atomic mass is 16.4. The largest absolute Gasteiger partial charge is 0.478 e.